The van der Waals surface area contributed by atoms with E-state index in [0.717, 1.165) is 24.2 Å². The number of nitrogens with two attached hydrogens (primary N) is 1. The van der Waals surface area contributed by atoms with Gasteiger partial charge in [-0.1, -0.05) is 24.6 Å². The maximum atomic E-state index is 6.03. The summed E-state index contributed by atoms with van der Waals surface area (Å²) in [5.41, 5.74) is 7.59. The van der Waals surface area contributed by atoms with Crippen LogP contribution in [-0.4, -0.2) is 12.5 Å². The van der Waals surface area contributed by atoms with E-state index in [4.69, 9.17) is 17.3 Å². The maximum absolute atomic E-state index is 6.03. The topological polar surface area (TPSA) is 50.4 Å². The third-order valence-corrected chi connectivity index (χ3v) is 2.21. The molecule has 3 nitrogen and oxygen atoms in total. The maximum Gasteiger partial charge on any atom is 0.193 e. The largest absolute Gasteiger partial charge is 0.370 e. The van der Waals surface area contributed by atoms with Crippen LogP contribution in [0.4, 0.5) is 5.69 Å². The van der Waals surface area contributed by atoms with Gasteiger partial charge in [-0.15, -0.1) is 0 Å². The van der Waals surface area contributed by atoms with Gasteiger partial charge in [0.2, 0.25) is 0 Å². The van der Waals surface area contributed by atoms with Crippen molar-refractivity contribution in [1.82, 2.24) is 0 Å². The highest BCUT2D eigenvalue weighted by molar-refractivity contribution is 6.33. The molecule has 15 heavy (non-hydrogen) atoms. The van der Waals surface area contributed by atoms with Crippen molar-refractivity contribution in [3.8, 4) is 0 Å². The molecule has 0 aliphatic rings. The minimum atomic E-state index is 0.405. The molecular formula is C11H16ClN3. The molecule has 1 aromatic rings. The lowest BCUT2D eigenvalue weighted by molar-refractivity contribution is 0.929. The Kier molecular flexibility index (Phi) is 4.43. The molecule has 0 unspecified atom stereocenters. The van der Waals surface area contributed by atoms with Gasteiger partial charge in [0.25, 0.3) is 0 Å². The van der Waals surface area contributed by atoms with Gasteiger partial charge < -0.3 is 11.1 Å². The van der Waals surface area contributed by atoms with Crippen molar-refractivity contribution < 1.29 is 0 Å². The number of aryl methyl sites for hydroxylation is 1. The molecule has 0 saturated carbocycles. The molecule has 0 fully saturated rings. The zero-order valence-corrected chi connectivity index (χ0v) is 9.80. The van der Waals surface area contributed by atoms with Crippen LogP contribution in [0.1, 0.15) is 18.9 Å². The number of guanidine groups is 1. The molecule has 0 atom stereocenters. The van der Waals surface area contributed by atoms with E-state index >= 15 is 0 Å². The van der Waals surface area contributed by atoms with E-state index < -0.39 is 0 Å². The molecule has 0 spiro atoms. The first-order valence-corrected chi connectivity index (χ1v) is 5.34. The van der Waals surface area contributed by atoms with Crippen molar-refractivity contribution in [2.24, 2.45) is 10.7 Å². The Labute approximate surface area is 95.3 Å². The highest BCUT2D eigenvalue weighted by atomic mass is 35.5. The van der Waals surface area contributed by atoms with Crippen molar-refractivity contribution in [3.05, 3.63) is 28.8 Å². The quantitative estimate of drug-likeness (QED) is 0.614. The molecule has 1 rings (SSSR count). The van der Waals surface area contributed by atoms with Crippen LogP contribution in [0.15, 0.2) is 23.2 Å². The summed E-state index contributed by atoms with van der Waals surface area (Å²) >= 11 is 6.03. The number of hydrogen-bond acceptors (Lipinski definition) is 1. The standard InChI is InChI=1S/C11H16ClN3/c1-3-6-14-11(13)15-10-5-4-8(2)7-9(10)12/h4-5,7H,3,6H2,1-2H3,(H3,13,14,15). The van der Waals surface area contributed by atoms with E-state index in [9.17, 15) is 0 Å². The summed E-state index contributed by atoms with van der Waals surface area (Å²) in [4.78, 5) is 4.13. The van der Waals surface area contributed by atoms with E-state index in [2.05, 4.69) is 17.2 Å². The highest BCUT2D eigenvalue weighted by Gasteiger charge is 2.00. The predicted molar refractivity (Wildman–Crippen MR) is 66.6 cm³/mol. The van der Waals surface area contributed by atoms with Gasteiger partial charge in [-0.05, 0) is 31.0 Å². The summed E-state index contributed by atoms with van der Waals surface area (Å²) < 4.78 is 0. The molecule has 82 valence electrons. The molecule has 0 bridgehead atoms. The summed E-state index contributed by atoms with van der Waals surface area (Å²) in [6, 6.07) is 5.75. The van der Waals surface area contributed by atoms with Gasteiger partial charge in [-0.3, -0.25) is 4.99 Å². The monoisotopic (exact) mass is 225 g/mol. The van der Waals surface area contributed by atoms with E-state index in [0.29, 0.717) is 11.0 Å². The average Bonchev–Trinajstić information content (AvgIpc) is 2.19. The van der Waals surface area contributed by atoms with E-state index in [-0.39, 0.29) is 0 Å². The van der Waals surface area contributed by atoms with Crippen molar-refractivity contribution in [3.63, 3.8) is 0 Å². The smallest absolute Gasteiger partial charge is 0.193 e. The molecule has 4 heteroatoms. The lowest BCUT2D eigenvalue weighted by Gasteiger charge is -2.07. The fourth-order valence-electron chi connectivity index (χ4n) is 1.13. The number of halogens is 1. The average molecular weight is 226 g/mol. The normalized spacial score (nSPS) is 11.5. The Morgan fingerprint density at radius 3 is 2.87 bits per heavy atom. The molecular weight excluding hydrogens is 210 g/mol. The molecule has 0 aliphatic heterocycles. The van der Waals surface area contributed by atoms with Crippen molar-refractivity contribution in [2.45, 2.75) is 20.3 Å². The summed E-state index contributed by atoms with van der Waals surface area (Å²) in [6.45, 7) is 4.77. The van der Waals surface area contributed by atoms with Crippen LogP contribution in [0, 0.1) is 6.92 Å². The second-order valence-electron chi connectivity index (χ2n) is 3.38. The first kappa shape index (κ1) is 11.9. The highest BCUT2D eigenvalue weighted by Crippen LogP contribution is 2.22. The van der Waals surface area contributed by atoms with Crippen molar-refractivity contribution in [2.75, 3.05) is 11.9 Å². The van der Waals surface area contributed by atoms with Gasteiger partial charge in [0.15, 0.2) is 5.96 Å². The zero-order chi connectivity index (χ0) is 11.3. The lowest BCUT2D eigenvalue weighted by atomic mass is 10.2. The molecule has 0 aliphatic carbocycles. The number of benzene rings is 1. The van der Waals surface area contributed by atoms with Gasteiger partial charge in [-0.25, -0.2) is 0 Å². The fraction of sp³-hybridized carbons (Fsp3) is 0.364. The number of nitrogens with zero attached hydrogens (tertiary/aromatic N) is 1. The first-order valence-electron chi connectivity index (χ1n) is 4.96. The van der Waals surface area contributed by atoms with Crippen LogP contribution in [0.5, 0.6) is 0 Å². The third kappa shape index (κ3) is 3.80. The predicted octanol–water partition coefficient (Wildman–Crippen LogP) is 2.79. The minimum Gasteiger partial charge on any atom is -0.370 e. The first-order chi connectivity index (χ1) is 7.13. The molecule has 0 radical (unpaired) electrons. The summed E-state index contributed by atoms with van der Waals surface area (Å²) in [5, 5.41) is 3.63. The Hall–Kier alpha value is -1.22. The zero-order valence-electron chi connectivity index (χ0n) is 9.05. The van der Waals surface area contributed by atoms with Crippen LogP contribution in [-0.2, 0) is 0 Å². The Morgan fingerprint density at radius 2 is 2.27 bits per heavy atom. The van der Waals surface area contributed by atoms with Crippen LogP contribution < -0.4 is 11.1 Å². The van der Waals surface area contributed by atoms with Crippen LogP contribution in [0.3, 0.4) is 0 Å². The fourth-order valence-corrected chi connectivity index (χ4v) is 1.41. The van der Waals surface area contributed by atoms with Gasteiger partial charge >= 0.3 is 0 Å². The molecule has 0 aromatic heterocycles. The SMILES string of the molecule is CCCN=C(N)Nc1ccc(C)cc1Cl. The Morgan fingerprint density at radius 1 is 1.53 bits per heavy atom. The van der Waals surface area contributed by atoms with Crippen LogP contribution >= 0.6 is 11.6 Å². The second kappa shape index (κ2) is 5.61. The van der Waals surface area contributed by atoms with Gasteiger partial charge in [0.05, 0.1) is 10.7 Å². The Balaban J connectivity index is 2.72. The van der Waals surface area contributed by atoms with E-state index in [1.807, 2.05) is 25.1 Å². The van der Waals surface area contributed by atoms with Gasteiger partial charge in [-0.2, -0.15) is 0 Å². The van der Waals surface area contributed by atoms with Crippen LogP contribution in [0.2, 0.25) is 5.02 Å². The third-order valence-electron chi connectivity index (χ3n) is 1.89. The molecule has 0 saturated heterocycles. The van der Waals surface area contributed by atoms with E-state index in [1.165, 1.54) is 0 Å². The van der Waals surface area contributed by atoms with Crippen molar-refractivity contribution in [1.29, 1.82) is 0 Å². The summed E-state index contributed by atoms with van der Waals surface area (Å²) in [7, 11) is 0. The minimum absolute atomic E-state index is 0.405. The number of anilines is 1. The number of nitrogens with one attached hydrogen (secondary N) is 1. The second-order valence-corrected chi connectivity index (χ2v) is 3.78. The number of aliphatic imine (C=N–C) groups is 1. The van der Waals surface area contributed by atoms with Crippen molar-refractivity contribution >= 4 is 23.2 Å². The van der Waals surface area contributed by atoms with Crippen LogP contribution in [0.25, 0.3) is 0 Å². The molecule has 1 aromatic carbocycles. The summed E-state index contributed by atoms with van der Waals surface area (Å²) in [6.07, 6.45) is 0.976. The van der Waals surface area contributed by atoms with E-state index in [1.54, 1.807) is 0 Å². The van der Waals surface area contributed by atoms with Gasteiger partial charge in [0, 0.05) is 6.54 Å². The lowest BCUT2D eigenvalue weighted by Crippen LogP contribution is -2.23. The number of hydrogen-bond donors (Lipinski definition) is 2. The summed E-state index contributed by atoms with van der Waals surface area (Å²) in [5.74, 6) is 0.405. The Bertz CT molecular complexity index is 361. The molecule has 0 amide bonds. The van der Waals surface area contributed by atoms with Gasteiger partial charge in [0.1, 0.15) is 0 Å². The number of rotatable bonds is 3. The molecule has 0 heterocycles. The molecule has 3 N–H and O–H groups in total.